The molecule has 3 aliphatic rings. The van der Waals surface area contributed by atoms with Crippen LogP contribution >= 0.6 is 0 Å². The fourth-order valence-corrected chi connectivity index (χ4v) is 6.79. The molecule has 2 saturated heterocycles. The van der Waals surface area contributed by atoms with Crippen LogP contribution in [0, 0.1) is 11.8 Å². The zero-order valence-corrected chi connectivity index (χ0v) is 27.4. The molecule has 0 bridgehead atoms. The van der Waals surface area contributed by atoms with Gasteiger partial charge in [0, 0.05) is 25.2 Å². The Morgan fingerprint density at radius 3 is 2.05 bits per heavy atom. The first-order chi connectivity index (χ1) is 19.8. The van der Waals surface area contributed by atoms with Crippen LogP contribution in [-0.2, 0) is 23.9 Å². The Morgan fingerprint density at radius 2 is 1.45 bits per heavy atom. The number of likely N-dealkylation sites (N-methyl/N-ethyl adjacent to an activating group) is 1. The average Bonchev–Trinajstić information content (AvgIpc) is 3.65. The van der Waals surface area contributed by atoms with Crippen LogP contribution in [0.1, 0.15) is 106 Å². The van der Waals surface area contributed by atoms with Crippen molar-refractivity contribution in [2.45, 2.75) is 143 Å². The maximum absolute atomic E-state index is 13.9. The average molecular weight is 589 g/mol. The zero-order chi connectivity index (χ0) is 31.1. The van der Waals surface area contributed by atoms with E-state index in [9.17, 15) is 19.2 Å². The molecule has 0 aromatic heterocycles. The lowest BCUT2D eigenvalue weighted by atomic mass is 9.95. The first-order valence-corrected chi connectivity index (χ1v) is 16.4. The van der Waals surface area contributed by atoms with Crippen molar-refractivity contribution in [2.75, 3.05) is 20.1 Å². The second-order valence-electron chi connectivity index (χ2n) is 13.6. The maximum atomic E-state index is 13.9. The molecule has 2 unspecified atom stereocenters. The van der Waals surface area contributed by atoms with Crippen molar-refractivity contribution < 1.29 is 23.9 Å². The number of carbonyl (C=O) groups excluding carboxylic acids is 4. The van der Waals surface area contributed by atoms with Gasteiger partial charge in [-0.1, -0.05) is 40.2 Å². The molecule has 9 heteroatoms. The number of amides is 3. The molecule has 1 aliphatic carbocycles. The second-order valence-corrected chi connectivity index (χ2v) is 13.6. The lowest BCUT2D eigenvalue weighted by molar-refractivity contribution is -0.157. The summed E-state index contributed by atoms with van der Waals surface area (Å²) in [6.07, 6.45) is 10.0. The third-order valence-corrected chi connectivity index (χ3v) is 9.35. The molecule has 238 valence electrons. The van der Waals surface area contributed by atoms with Crippen molar-refractivity contribution in [1.29, 1.82) is 0 Å². The van der Waals surface area contributed by atoms with Gasteiger partial charge in [-0.3, -0.25) is 19.3 Å². The van der Waals surface area contributed by atoms with Crippen LogP contribution in [0.3, 0.4) is 0 Å². The quantitative estimate of drug-likeness (QED) is 0.286. The summed E-state index contributed by atoms with van der Waals surface area (Å²) in [6.45, 7) is 15.3. The van der Waals surface area contributed by atoms with Crippen LogP contribution in [0.15, 0.2) is 11.6 Å². The SMILES string of the molecule is C/C(=C\[C@H](C(C)C)N(C)C(=O)C(NC(=O)[C@H]1CCCCN1C(C)C)C(C)C)C(=O)N1CCCC1C(=O)OC1CCCC1. The molecule has 0 radical (unpaired) electrons. The highest BCUT2D eigenvalue weighted by Crippen LogP contribution is 2.27. The molecule has 1 N–H and O–H groups in total. The van der Waals surface area contributed by atoms with Crippen LogP contribution in [0.4, 0.5) is 0 Å². The van der Waals surface area contributed by atoms with Crippen LogP contribution in [-0.4, -0.2) is 94.8 Å². The monoisotopic (exact) mass is 588 g/mol. The number of carbonyl (C=O) groups is 4. The molecule has 9 nitrogen and oxygen atoms in total. The van der Waals surface area contributed by atoms with E-state index in [1.54, 1.807) is 23.8 Å². The molecule has 0 spiro atoms. The number of rotatable bonds is 11. The number of esters is 1. The van der Waals surface area contributed by atoms with Gasteiger partial charge in [0.15, 0.2) is 0 Å². The van der Waals surface area contributed by atoms with Crippen LogP contribution in [0.25, 0.3) is 0 Å². The van der Waals surface area contributed by atoms with E-state index in [2.05, 4.69) is 24.1 Å². The Morgan fingerprint density at radius 1 is 0.833 bits per heavy atom. The van der Waals surface area contributed by atoms with Gasteiger partial charge in [-0.05, 0) is 90.5 Å². The lowest BCUT2D eigenvalue weighted by Crippen LogP contribution is -2.58. The minimum Gasteiger partial charge on any atom is -0.461 e. The summed E-state index contributed by atoms with van der Waals surface area (Å²) in [4.78, 5) is 59.4. The van der Waals surface area contributed by atoms with E-state index in [1.165, 1.54) is 0 Å². The van der Waals surface area contributed by atoms with Gasteiger partial charge in [-0.25, -0.2) is 4.79 Å². The van der Waals surface area contributed by atoms with Crippen molar-refractivity contribution in [3.8, 4) is 0 Å². The maximum Gasteiger partial charge on any atom is 0.329 e. The number of nitrogens with zero attached hydrogens (tertiary/aromatic N) is 3. The molecule has 2 aliphatic heterocycles. The molecule has 42 heavy (non-hydrogen) atoms. The summed E-state index contributed by atoms with van der Waals surface area (Å²) in [5, 5.41) is 3.10. The Hall–Kier alpha value is -2.42. The predicted molar refractivity (Wildman–Crippen MR) is 164 cm³/mol. The standard InChI is InChI=1S/C33H56N4O5/c1-21(2)28(20-24(7)31(39)37-19-13-17-27(37)33(41)42-25-14-9-10-15-25)35(8)32(40)29(22(3)4)34-30(38)26-16-11-12-18-36(26)23(5)6/h20-23,25-29H,9-19H2,1-8H3,(H,34,38)/b24-20+/t26-,27?,28-,29?/m1/s1. The zero-order valence-electron chi connectivity index (χ0n) is 27.4. The molecule has 3 rings (SSSR count). The Labute approximate surface area is 253 Å². The minimum atomic E-state index is -0.669. The third-order valence-electron chi connectivity index (χ3n) is 9.35. The van der Waals surface area contributed by atoms with E-state index < -0.39 is 12.1 Å². The predicted octanol–water partition coefficient (Wildman–Crippen LogP) is 4.30. The molecule has 0 aromatic carbocycles. The lowest BCUT2D eigenvalue weighted by Gasteiger charge is -2.39. The van der Waals surface area contributed by atoms with Gasteiger partial charge in [0.2, 0.25) is 17.7 Å². The summed E-state index contributed by atoms with van der Waals surface area (Å²) >= 11 is 0. The van der Waals surface area contributed by atoms with Crippen molar-refractivity contribution in [3.63, 3.8) is 0 Å². The fourth-order valence-electron chi connectivity index (χ4n) is 6.79. The number of hydrogen-bond acceptors (Lipinski definition) is 6. The van der Waals surface area contributed by atoms with E-state index in [0.29, 0.717) is 18.5 Å². The molecule has 2 heterocycles. The highest BCUT2D eigenvalue weighted by atomic mass is 16.5. The van der Waals surface area contributed by atoms with E-state index in [-0.39, 0.29) is 59.8 Å². The number of nitrogens with one attached hydrogen (secondary N) is 1. The summed E-state index contributed by atoms with van der Waals surface area (Å²) < 4.78 is 5.75. The number of hydrogen-bond donors (Lipinski definition) is 1. The summed E-state index contributed by atoms with van der Waals surface area (Å²) in [7, 11) is 1.75. The Bertz CT molecular complexity index is 987. The molecule has 4 atom stereocenters. The van der Waals surface area contributed by atoms with Crippen molar-refractivity contribution in [3.05, 3.63) is 11.6 Å². The molecule has 3 fully saturated rings. The highest BCUT2D eigenvalue weighted by Gasteiger charge is 2.39. The topological polar surface area (TPSA) is 99.3 Å². The third kappa shape index (κ3) is 8.35. The first-order valence-electron chi connectivity index (χ1n) is 16.4. The second kappa shape index (κ2) is 15.3. The summed E-state index contributed by atoms with van der Waals surface area (Å²) in [5.74, 6) is -0.807. The van der Waals surface area contributed by atoms with E-state index in [4.69, 9.17) is 4.74 Å². The summed E-state index contributed by atoms with van der Waals surface area (Å²) in [5.41, 5.74) is 0.508. The van der Waals surface area contributed by atoms with Crippen molar-refractivity contribution in [2.24, 2.45) is 11.8 Å². The van der Waals surface area contributed by atoms with E-state index in [0.717, 1.165) is 57.9 Å². The van der Waals surface area contributed by atoms with Gasteiger partial charge in [0.05, 0.1) is 12.1 Å². The number of likely N-dealkylation sites (tertiary alicyclic amines) is 2. The first kappa shape index (κ1) is 34.1. The van der Waals surface area contributed by atoms with Gasteiger partial charge >= 0.3 is 5.97 Å². The van der Waals surface area contributed by atoms with E-state index in [1.807, 2.05) is 33.8 Å². The van der Waals surface area contributed by atoms with Crippen LogP contribution < -0.4 is 5.32 Å². The van der Waals surface area contributed by atoms with Gasteiger partial charge in [-0.15, -0.1) is 0 Å². The van der Waals surface area contributed by atoms with Crippen LogP contribution in [0.5, 0.6) is 0 Å². The van der Waals surface area contributed by atoms with Gasteiger partial charge < -0.3 is 19.9 Å². The molecular formula is C33H56N4O5. The largest absolute Gasteiger partial charge is 0.461 e. The minimum absolute atomic E-state index is 0.0293. The fraction of sp³-hybridized carbons (Fsp3) is 0.818. The highest BCUT2D eigenvalue weighted by molar-refractivity contribution is 5.96. The number of piperidine rings is 1. The van der Waals surface area contributed by atoms with Crippen molar-refractivity contribution >= 4 is 23.7 Å². The van der Waals surface area contributed by atoms with Gasteiger partial charge in [0.1, 0.15) is 18.2 Å². The molecule has 3 amide bonds. The molecule has 0 aromatic rings. The van der Waals surface area contributed by atoms with Crippen LogP contribution in [0.2, 0.25) is 0 Å². The Balaban J connectivity index is 1.72. The normalized spacial score (nSPS) is 23.9. The summed E-state index contributed by atoms with van der Waals surface area (Å²) in [6, 6.07) is -1.55. The smallest absolute Gasteiger partial charge is 0.329 e. The molecular weight excluding hydrogens is 532 g/mol. The van der Waals surface area contributed by atoms with Crippen molar-refractivity contribution in [1.82, 2.24) is 20.0 Å². The van der Waals surface area contributed by atoms with Gasteiger partial charge in [-0.2, -0.15) is 0 Å². The molecule has 1 saturated carbocycles. The Kier molecular flexibility index (Phi) is 12.5. The van der Waals surface area contributed by atoms with Gasteiger partial charge in [0.25, 0.3) is 0 Å². The van der Waals surface area contributed by atoms with E-state index >= 15 is 0 Å². The number of ether oxygens (including phenoxy) is 1.